The topological polar surface area (TPSA) is 61.7 Å². The standard InChI is InChI=1S/C14H18N2O2/c1-10-6-2-4-8-12(10)15-16-14(18)11-7-3-5-9-13(11)17/h3,5,7,9-10,17H,2,4,6,8H2,1H3,(H,16,18)/b15-12+/t10-/m0/s1. The molecule has 1 amide bonds. The molecule has 0 unspecified atom stereocenters. The summed E-state index contributed by atoms with van der Waals surface area (Å²) in [6.07, 6.45) is 4.44. The van der Waals surface area contributed by atoms with Gasteiger partial charge in [0.05, 0.1) is 5.56 Å². The van der Waals surface area contributed by atoms with Crippen LogP contribution in [0.5, 0.6) is 5.75 Å². The number of amides is 1. The van der Waals surface area contributed by atoms with Crippen molar-refractivity contribution >= 4 is 11.6 Å². The predicted molar refractivity (Wildman–Crippen MR) is 70.6 cm³/mol. The molecule has 2 rings (SSSR count). The molecule has 0 aliphatic heterocycles. The Labute approximate surface area is 107 Å². The Kier molecular flexibility index (Phi) is 3.97. The highest BCUT2D eigenvalue weighted by molar-refractivity contribution is 5.98. The minimum Gasteiger partial charge on any atom is -0.507 e. The number of carbonyl (C=O) groups excluding carboxylic acids is 1. The third-order valence-corrected chi connectivity index (χ3v) is 3.34. The first-order chi connectivity index (χ1) is 8.68. The number of benzene rings is 1. The molecule has 96 valence electrons. The van der Waals surface area contributed by atoms with Gasteiger partial charge in [-0.15, -0.1) is 0 Å². The SMILES string of the molecule is C[C@H]1CCCC/C1=N\NC(=O)c1ccccc1O. The molecule has 1 aromatic rings. The fraction of sp³-hybridized carbons (Fsp3) is 0.429. The number of hydrogen-bond donors (Lipinski definition) is 2. The first kappa shape index (κ1) is 12.6. The van der Waals surface area contributed by atoms with Crippen molar-refractivity contribution in [3.63, 3.8) is 0 Å². The Balaban J connectivity index is 2.04. The van der Waals surface area contributed by atoms with Gasteiger partial charge in [-0.25, -0.2) is 5.43 Å². The summed E-state index contributed by atoms with van der Waals surface area (Å²) in [5.41, 5.74) is 3.83. The van der Waals surface area contributed by atoms with Gasteiger partial charge in [-0.05, 0) is 37.3 Å². The summed E-state index contributed by atoms with van der Waals surface area (Å²) in [6, 6.07) is 6.46. The fourth-order valence-corrected chi connectivity index (χ4v) is 2.18. The highest BCUT2D eigenvalue weighted by atomic mass is 16.3. The average Bonchev–Trinajstić information content (AvgIpc) is 2.38. The minimum atomic E-state index is -0.363. The van der Waals surface area contributed by atoms with Crippen LogP contribution in [0, 0.1) is 5.92 Å². The lowest BCUT2D eigenvalue weighted by Crippen LogP contribution is -2.24. The molecule has 4 heteroatoms. The van der Waals surface area contributed by atoms with Crippen molar-refractivity contribution in [2.75, 3.05) is 0 Å². The van der Waals surface area contributed by atoms with Gasteiger partial charge >= 0.3 is 0 Å². The molecule has 1 aliphatic rings. The van der Waals surface area contributed by atoms with E-state index in [4.69, 9.17) is 0 Å². The second-order valence-corrected chi connectivity index (χ2v) is 4.71. The molecule has 0 saturated heterocycles. The summed E-state index contributed by atoms with van der Waals surface area (Å²) in [6.45, 7) is 2.13. The van der Waals surface area contributed by atoms with Crippen molar-refractivity contribution in [3.05, 3.63) is 29.8 Å². The lowest BCUT2D eigenvalue weighted by molar-refractivity contribution is 0.0951. The monoisotopic (exact) mass is 246 g/mol. The quantitative estimate of drug-likeness (QED) is 0.788. The maximum atomic E-state index is 11.8. The third-order valence-electron chi connectivity index (χ3n) is 3.34. The summed E-state index contributed by atoms with van der Waals surface area (Å²) in [5, 5.41) is 13.7. The summed E-state index contributed by atoms with van der Waals surface area (Å²) in [4.78, 5) is 11.8. The van der Waals surface area contributed by atoms with Gasteiger partial charge < -0.3 is 5.11 Å². The molecule has 1 aliphatic carbocycles. The molecular formula is C14H18N2O2. The predicted octanol–water partition coefficient (Wildman–Crippen LogP) is 2.69. The van der Waals surface area contributed by atoms with Crippen LogP contribution in [0.15, 0.2) is 29.4 Å². The molecule has 2 N–H and O–H groups in total. The van der Waals surface area contributed by atoms with Crippen LogP contribution < -0.4 is 5.43 Å². The number of phenolic OH excluding ortho intramolecular Hbond substituents is 1. The largest absolute Gasteiger partial charge is 0.507 e. The maximum absolute atomic E-state index is 11.8. The number of phenols is 1. The van der Waals surface area contributed by atoms with Gasteiger partial charge in [0.1, 0.15) is 5.75 Å². The molecule has 0 bridgehead atoms. The van der Waals surface area contributed by atoms with Crippen LogP contribution in [0.1, 0.15) is 43.0 Å². The molecule has 1 atom stereocenters. The van der Waals surface area contributed by atoms with E-state index in [1.54, 1.807) is 18.2 Å². The van der Waals surface area contributed by atoms with E-state index in [0.717, 1.165) is 25.0 Å². The average molecular weight is 246 g/mol. The zero-order valence-corrected chi connectivity index (χ0v) is 10.5. The molecule has 0 aromatic heterocycles. The number of rotatable bonds is 2. The van der Waals surface area contributed by atoms with Crippen LogP contribution in [0.4, 0.5) is 0 Å². The number of nitrogens with one attached hydrogen (secondary N) is 1. The number of nitrogens with zero attached hydrogens (tertiary/aromatic N) is 1. The van der Waals surface area contributed by atoms with Gasteiger partial charge in [0.2, 0.25) is 0 Å². The van der Waals surface area contributed by atoms with Crippen molar-refractivity contribution in [1.82, 2.24) is 5.43 Å². The van der Waals surface area contributed by atoms with Crippen molar-refractivity contribution < 1.29 is 9.90 Å². The second-order valence-electron chi connectivity index (χ2n) is 4.71. The Morgan fingerprint density at radius 1 is 1.39 bits per heavy atom. The number of para-hydroxylation sites is 1. The van der Waals surface area contributed by atoms with Crippen molar-refractivity contribution in [2.24, 2.45) is 11.0 Å². The lowest BCUT2D eigenvalue weighted by Gasteiger charge is -2.19. The normalized spacial score (nSPS) is 21.8. The summed E-state index contributed by atoms with van der Waals surface area (Å²) in [7, 11) is 0. The van der Waals surface area contributed by atoms with Crippen LogP contribution in [-0.2, 0) is 0 Å². The Morgan fingerprint density at radius 3 is 2.89 bits per heavy atom. The van der Waals surface area contributed by atoms with Gasteiger partial charge in [-0.1, -0.05) is 25.5 Å². The summed E-state index contributed by atoms with van der Waals surface area (Å²) in [5.74, 6) is 0.0497. The first-order valence-electron chi connectivity index (χ1n) is 6.33. The molecule has 18 heavy (non-hydrogen) atoms. The number of hydrogen-bond acceptors (Lipinski definition) is 3. The zero-order valence-electron chi connectivity index (χ0n) is 10.5. The zero-order chi connectivity index (χ0) is 13.0. The van der Waals surface area contributed by atoms with E-state index in [9.17, 15) is 9.90 Å². The number of aromatic hydroxyl groups is 1. The van der Waals surface area contributed by atoms with E-state index in [-0.39, 0.29) is 17.2 Å². The van der Waals surface area contributed by atoms with Crippen LogP contribution in [0.2, 0.25) is 0 Å². The molecule has 1 fully saturated rings. The Hall–Kier alpha value is -1.84. The van der Waals surface area contributed by atoms with E-state index in [0.29, 0.717) is 5.92 Å². The third kappa shape index (κ3) is 2.88. The second kappa shape index (κ2) is 5.67. The molecule has 0 radical (unpaired) electrons. The van der Waals surface area contributed by atoms with Crippen LogP contribution in [0.25, 0.3) is 0 Å². The first-order valence-corrected chi connectivity index (χ1v) is 6.33. The maximum Gasteiger partial charge on any atom is 0.275 e. The molecule has 0 spiro atoms. The van der Waals surface area contributed by atoms with E-state index < -0.39 is 0 Å². The molecular weight excluding hydrogens is 228 g/mol. The van der Waals surface area contributed by atoms with Gasteiger partial charge in [-0.3, -0.25) is 4.79 Å². The van der Waals surface area contributed by atoms with Gasteiger partial charge in [0.25, 0.3) is 5.91 Å². The highest BCUT2D eigenvalue weighted by Crippen LogP contribution is 2.21. The van der Waals surface area contributed by atoms with Crippen LogP contribution in [0.3, 0.4) is 0 Å². The lowest BCUT2D eigenvalue weighted by atomic mass is 9.89. The number of carbonyl (C=O) groups is 1. The molecule has 1 saturated carbocycles. The van der Waals surface area contributed by atoms with Gasteiger partial charge in [0.15, 0.2) is 0 Å². The molecule has 0 heterocycles. The molecule has 4 nitrogen and oxygen atoms in total. The summed E-state index contributed by atoms with van der Waals surface area (Å²) >= 11 is 0. The number of hydrazone groups is 1. The van der Waals surface area contributed by atoms with E-state index >= 15 is 0 Å². The van der Waals surface area contributed by atoms with Crippen LogP contribution in [-0.4, -0.2) is 16.7 Å². The van der Waals surface area contributed by atoms with Gasteiger partial charge in [0, 0.05) is 5.71 Å². The highest BCUT2D eigenvalue weighted by Gasteiger charge is 2.16. The van der Waals surface area contributed by atoms with Crippen molar-refractivity contribution in [3.8, 4) is 5.75 Å². The van der Waals surface area contributed by atoms with E-state index in [1.807, 2.05) is 0 Å². The minimum absolute atomic E-state index is 0.0214. The van der Waals surface area contributed by atoms with Gasteiger partial charge in [-0.2, -0.15) is 5.10 Å². The van der Waals surface area contributed by atoms with Crippen molar-refractivity contribution in [2.45, 2.75) is 32.6 Å². The van der Waals surface area contributed by atoms with E-state index in [1.165, 1.54) is 12.5 Å². The fourth-order valence-electron chi connectivity index (χ4n) is 2.18. The Morgan fingerprint density at radius 2 is 2.17 bits per heavy atom. The smallest absolute Gasteiger partial charge is 0.275 e. The Bertz CT molecular complexity index is 469. The van der Waals surface area contributed by atoms with E-state index in [2.05, 4.69) is 17.5 Å². The van der Waals surface area contributed by atoms with Crippen LogP contribution >= 0.6 is 0 Å². The summed E-state index contributed by atoms with van der Waals surface area (Å²) < 4.78 is 0. The van der Waals surface area contributed by atoms with Crippen molar-refractivity contribution in [1.29, 1.82) is 0 Å². The molecule has 1 aromatic carbocycles.